The summed E-state index contributed by atoms with van der Waals surface area (Å²) in [6.45, 7) is 3.80. The molecular weight excluding hydrogens is 174 g/mol. The Kier molecular flexibility index (Phi) is 5.84. The molecule has 0 aromatic heterocycles. The summed E-state index contributed by atoms with van der Waals surface area (Å²) in [4.78, 5) is 20.9. The van der Waals surface area contributed by atoms with Gasteiger partial charge in [0.1, 0.15) is 6.42 Å². The molecule has 0 heterocycles. The molecule has 0 aromatic rings. The Morgan fingerprint density at radius 2 is 2.15 bits per heavy atom. The zero-order valence-electron chi connectivity index (χ0n) is 7.99. The highest BCUT2D eigenvalue weighted by atomic mass is 16.6. The van der Waals surface area contributed by atoms with Crippen LogP contribution in [0.4, 0.5) is 0 Å². The number of esters is 1. The fourth-order valence-corrected chi connectivity index (χ4v) is 1.03. The number of nitro groups is 1. The normalized spacial score (nSPS) is 12.2. The predicted molar refractivity (Wildman–Crippen MR) is 46.9 cm³/mol. The highest BCUT2D eigenvalue weighted by Crippen LogP contribution is 2.06. The van der Waals surface area contributed by atoms with E-state index >= 15 is 0 Å². The van der Waals surface area contributed by atoms with E-state index in [0.717, 1.165) is 0 Å². The largest absolute Gasteiger partial charge is 0.466 e. The molecule has 5 heteroatoms. The first-order chi connectivity index (χ1) is 6.11. The van der Waals surface area contributed by atoms with Crippen molar-refractivity contribution in [1.82, 2.24) is 0 Å². The van der Waals surface area contributed by atoms with Crippen molar-refractivity contribution in [2.24, 2.45) is 0 Å². The second-order valence-corrected chi connectivity index (χ2v) is 2.74. The SMILES string of the molecule is CCCC(CC(=O)OCC)[N+](=O)[O-]. The molecule has 76 valence electrons. The average molecular weight is 189 g/mol. The van der Waals surface area contributed by atoms with Crippen LogP contribution in [-0.2, 0) is 9.53 Å². The van der Waals surface area contributed by atoms with Crippen LogP contribution in [-0.4, -0.2) is 23.5 Å². The minimum absolute atomic E-state index is 0.116. The molecule has 0 saturated heterocycles. The summed E-state index contributed by atoms with van der Waals surface area (Å²) >= 11 is 0. The molecule has 0 amide bonds. The Bertz CT molecular complexity index is 181. The second kappa shape index (κ2) is 6.39. The summed E-state index contributed by atoms with van der Waals surface area (Å²) in [5.41, 5.74) is 0. The van der Waals surface area contributed by atoms with Gasteiger partial charge < -0.3 is 4.74 Å². The zero-order valence-corrected chi connectivity index (χ0v) is 7.99. The third kappa shape index (κ3) is 5.16. The summed E-state index contributed by atoms with van der Waals surface area (Å²) in [7, 11) is 0. The van der Waals surface area contributed by atoms with Crippen molar-refractivity contribution >= 4 is 5.97 Å². The molecule has 0 N–H and O–H groups in total. The van der Waals surface area contributed by atoms with Crippen LogP contribution in [0, 0.1) is 10.1 Å². The van der Waals surface area contributed by atoms with Crippen LogP contribution in [0.25, 0.3) is 0 Å². The molecule has 0 saturated carbocycles. The van der Waals surface area contributed by atoms with Gasteiger partial charge in [-0.25, -0.2) is 0 Å². The molecule has 0 aliphatic carbocycles. The quantitative estimate of drug-likeness (QED) is 0.359. The Labute approximate surface area is 77.2 Å². The van der Waals surface area contributed by atoms with E-state index in [1.807, 2.05) is 6.92 Å². The number of nitrogens with zero attached hydrogens (tertiary/aromatic N) is 1. The van der Waals surface area contributed by atoms with Gasteiger partial charge in [-0.2, -0.15) is 0 Å². The van der Waals surface area contributed by atoms with Crippen LogP contribution in [0.3, 0.4) is 0 Å². The van der Waals surface area contributed by atoms with Crippen LogP contribution in [0.15, 0.2) is 0 Å². The van der Waals surface area contributed by atoms with Crippen molar-refractivity contribution in [2.45, 2.75) is 39.2 Å². The second-order valence-electron chi connectivity index (χ2n) is 2.74. The van der Waals surface area contributed by atoms with Gasteiger partial charge in [-0.3, -0.25) is 14.9 Å². The number of rotatable bonds is 6. The molecular formula is C8H15NO4. The van der Waals surface area contributed by atoms with Gasteiger partial charge in [0.05, 0.1) is 6.61 Å². The minimum atomic E-state index is -0.788. The number of hydrogen-bond donors (Lipinski definition) is 0. The van der Waals surface area contributed by atoms with Crippen LogP contribution in [0.5, 0.6) is 0 Å². The maximum Gasteiger partial charge on any atom is 0.312 e. The van der Waals surface area contributed by atoms with E-state index in [1.165, 1.54) is 0 Å². The van der Waals surface area contributed by atoms with Crippen LogP contribution >= 0.6 is 0 Å². The highest BCUT2D eigenvalue weighted by molar-refractivity contribution is 5.69. The van der Waals surface area contributed by atoms with E-state index in [9.17, 15) is 14.9 Å². The Morgan fingerprint density at radius 1 is 1.54 bits per heavy atom. The number of hydrogen-bond acceptors (Lipinski definition) is 4. The third-order valence-electron chi connectivity index (χ3n) is 1.63. The first kappa shape index (κ1) is 11.9. The van der Waals surface area contributed by atoms with Crippen molar-refractivity contribution in [3.63, 3.8) is 0 Å². The molecule has 5 nitrogen and oxygen atoms in total. The van der Waals surface area contributed by atoms with Gasteiger partial charge in [0.2, 0.25) is 6.04 Å². The number of carbonyl (C=O) groups is 1. The van der Waals surface area contributed by atoms with Crippen molar-refractivity contribution in [3.05, 3.63) is 10.1 Å². The van der Waals surface area contributed by atoms with Gasteiger partial charge >= 0.3 is 5.97 Å². The lowest BCUT2D eigenvalue weighted by Crippen LogP contribution is -2.24. The van der Waals surface area contributed by atoms with Gasteiger partial charge in [-0.05, 0) is 13.3 Å². The molecule has 0 fully saturated rings. The van der Waals surface area contributed by atoms with Gasteiger partial charge in [-0.1, -0.05) is 6.92 Å². The molecule has 0 bridgehead atoms. The van der Waals surface area contributed by atoms with Crippen LogP contribution in [0.2, 0.25) is 0 Å². The Balaban J connectivity index is 3.94. The first-order valence-corrected chi connectivity index (χ1v) is 4.40. The molecule has 0 spiro atoms. The number of ether oxygens (including phenoxy) is 1. The lowest BCUT2D eigenvalue weighted by atomic mass is 10.1. The zero-order chi connectivity index (χ0) is 10.3. The van der Waals surface area contributed by atoms with E-state index < -0.39 is 16.9 Å². The summed E-state index contributed by atoms with van der Waals surface area (Å²) in [6.07, 6.45) is 1.01. The van der Waals surface area contributed by atoms with Crippen LogP contribution in [0.1, 0.15) is 33.1 Å². The molecule has 0 aromatic carbocycles. The summed E-state index contributed by atoms with van der Waals surface area (Å²) < 4.78 is 4.63. The van der Waals surface area contributed by atoms with E-state index in [0.29, 0.717) is 12.8 Å². The lowest BCUT2D eigenvalue weighted by molar-refractivity contribution is -0.522. The summed E-state index contributed by atoms with van der Waals surface area (Å²) in [5.74, 6) is -0.488. The van der Waals surface area contributed by atoms with Crippen molar-refractivity contribution in [2.75, 3.05) is 6.61 Å². The van der Waals surface area contributed by atoms with Gasteiger partial charge in [0.15, 0.2) is 0 Å². The highest BCUT2D eigenvalue weighted by Gasteiger charge is 2.23. The molecule has 1 unspecified atom stereocenters. The molecule has 0 rings (SSSR count). The van der Waals surface area contributed by atoms with E-state index in [1.54, 1.807) is 6.92 Å². The first-order valence-electron chi connectivity index (χ1n) is 4.40. The third-order valence-corrected chi connectivity index (χ3v) is 1.63. The fraction of sp³-hybridized carbons (Fsp3) is 0.875. The van der Waals surface area contributed by atoms with Crippen LogP contribution < -0.4 is 0 Å². The molecule has 0 radical (unpaired) electrons. The minimum Gasteiger partial charge on any atom is -0.466 e. The maximum atomic E-state index is 10.9. The van der Waals surface area contributed by atoms with E-state index in [4.69, 9.17) is 0 Å². The van der Waals surface area contributed by atoms with Gasteiger partial charge in [0.25, 0.3) is 0 Å². The molecule has 1 atom stereocenters. The summed E-state index contributed by atoms with van der Waals surface area (Å²) in [5, 5.41) is 10.4. The number of carbonyl (C=O) groups excluding carboxylic acids is 1. The molecule has 13 heavy (non-hydrogen) atoms. The summed E-state index contributed by atoms with van der Waals surface area (Å²) in [6, 6.07) is -0.788. The standard InChI is InChI=1S/C8H15NO4/c1-3-5-7(9(11)12)6-8(10)13-4-2/h7H,3-6H2,1-2H3. The molecule has 0 aliphatic rings. The van der Waals surface area contributed by atoms with E-state index in [-0.39, 0.29) is 13.0 Å². The van der Waals surface area contributed by atoms with Gasteiger partial charge in [-0.15, -0.1) is 0 Å². The van der Waals surface area contributed by atoms with Crippen molar-refractivity contribution < 1.29 is 14.5 Å². The van der Waals surface area contributed by atoms with E-state index in [2.05, 4.69) is 4.74 Å². The topological polar surface area (TPSA) is 69.4 Å². The smallest absolute Gasteiger partial charge is 0.312 e. The van der Waals surface area contributed by atoms with Crippen molar-refractivity contribution in [3.8, 4) is 0 Å². The van der Waals surface area contributed by atoms with Crippen molar-refractivity contribution in [1.29, 1.82) is 0 Å². The van der Waals surface area contributed by atoms with Gasteiger partial charge in [0, 0.05) is 11.3 Å². The molecule has 0 aliphatic heterocycles. The predicted octanol–water partition coefficient (Wildman–Crippen LogP) is 1.39. The average Bonchev–Trinajstić information content (AvgIpc) is 2.04. The lowest BCUT2D eigenvalue weighted by Gasteiger charge is -2.06. The maximum absolute atomic E-state index is 10.9. The fourth-order valence-electron chi connectivity index (χ4n) is 1.03. The Hall–Kier alpha value is -1.13. The monoisotopic (exact) mass is 189 g/mol. The Morgan fingerprint density at radius 3 is 2.54 bits per heavy atom.